The van der Waals surface area contributed by atoms with E-state index in [1.807, 2.05) is 0 Å². The third-order valence-electron chi connectivity index (χ3n) is 5.63. The van der Waals surface area contributed by atoms with Crippen molar-refractivity contribution >= 4 is 5.57 Å². The van der Waals surface area contributed by atoms with Gasteiger partial charge in [-0.3, -0.25) is 4.90 Å². The zero-order chi connectivity index (χ0) is 17.9. The van der Waals surface area contributed by atoms with Gasteiger partial charge in [-0.25, -0.2) is 0 Å². The fourth-order valence-electron chi connectivity index (χ4n) is 4.24. The van der Waals surface area contributed by atoms with Crippen LogP contribution in [-0.2, 0) is 6.54 Å². The highest BCUT2D eigenvalue weighted by Gasteiger charge is 2.47. The van der Waals surface area contributed by atoms with E-state index in [0.717, 1.165) is 6.54 Å². The lowest BCUT2D eigenvalue weighted by molar-refractivity contribution is 0.0222. The van der Waals surface area contributed by atoms with Crippen LogP contribution in [0.3, 0.4) is 0 Å². The number of rotatable bonds is 5. The first-order valence-corrected chi connectivity index (χ1v) is 9.34. The lowest BCUT2D eigenvalue weighted by Crippen LogP contribution is -2.60. The molecule has 0 bridgehead atoms. The number of likely N-dealkylation sites (tertiary alicyclic amines) is 1. The maximum atomic E-state index is 4.51. The van der Waals surface area contributed by atoms with Crippen molar-refractivity contribution in [3.8, 4) is 0 Å². The fourth-order valence-corrected chi connectivity index (χ4v) is 4.24. The normalized spacial score (nSPS) is 22.6. The van der Waals surface area contributed by atoms with Gasteiger partial charge in [0.25, 0.3) is 0 Å². The molecule has 130 valence electrons. The minimum Gasteiger partial charge on any atom is -0.288 e. The average molecular weight is 339 g/mol. The topological polar surface area (TPSA) is 3.24 Å². The van der Waals surface area contributed by atoms with Crippen LogP contribution < -0.4 is 0 Å². The van der Waals surface area contributed by atoms with Gasteiger partial charge in [0.1, 0.15) is 0 Å². The molecule has 1 fully saturated rings. The second-order valence-corrected chi connectivity index (χ2v) is 7.17. The average Bonchev–Trinajstić information content (AvgIpc) is 2.71. The summed E-state index contributed by atoms with van der Waals surface area (Å²) in [7, 11) is 0. The van der Waals surface area contributed by atoms with E-state index in [1.54, 1.807) is 0 Å². The van der Waals surface area contributed by atoms with Crippen LogP contribution in [0, 0.1) is 0 Å². The molecule has 1 heteroatoms. The van der Waals surface area contributed by atoms with E-state index in [1.165, 1.54) is 22.3 Å². The van der Waals surface area contributed by atoms with E-state index in [9.17, 15) is 0 Å². The van der Waals surface area contributed by atoms with Crippen LogP contribution in [0.5, 0.6) is 0 Å². The van der Waals surface area contributed by atoms with Crippen LogP contribution in [0.25, 0.3) is 5.57 Å². The summed E-state index contributed by atoms with van der Waals surface area (Å²) in [5.41, 5.74) is 5.22. The van der Waals surface area contributed by atoms with Crippen molar-refractivity contribution in [2.24, 2.45) is 0 Å². The van der Waals surface area contributed by atoms with Gasteiger partial charge in [0.05, 0.1) is 0 Å². The van der Waals surface area contributed by atoms with Gasteiger partial charge < -0.3 is 0 Å². The van der Waals surface area contributed by atoms with Gasteiger partial charge in [-0.1, -0.05) is 97.6 Å². The van der Waals surface area contributed by atoms with Gasteiger partial charge in [-0.05, 0) is 29.2 Å². The summed E-state index contributed by atoms with van der Waals surface area (Å²) in [6, 6.07) is 33.1. The Balaban J connectivity index is 1.66. The Labute approximate surface area is 156 Å². The Morgan fingerprint density at radius 1 is 0.808 bits per heavy atom. The Kier molecular flexibility index (Phi) is 4.73. The van der Waals surface area contributed by atoms with Crippen molar-refractivity contribution < 1.29 is 0 Å². The lowest BCUT2D eigenvalue weighted by Gasteiger charge is -2.55. The Morgan fingerprint density at radius 2 is 1.35 bits per heavy atom. The van der Waals surface area contributed by atoms with Crippen molar-refractivity contribution in [3.05, 3.63) is 114 Å². The van der Waals surface area contributed by atoms with Crippen LogP contribution in [0.2, 0.25) is 0 Å². The van der Waals surface area contributed by atoms with E-state index < -0.39 is 0 Å². The molecule has 0 aliphatic carbocycles. The molecule has 4 rings (SSSR count). The minimum atomic E-state index is 0.329. The Hall–Kier alpha value is -2.64. The summed E-state index contributed by atoms with van der Waals surface area (Å²) < 4.78 is 0. The van der Waals surface area contributed by atoms with Crippen molar-refractivity contribution in [3.63, 3.8) is 0 Å². The summed E-state index contributed by atoms with van der Waals surface area (Å²) in [6.45, 7) is 7.81. The van der Waals surface area contributed by atoms with E-state index >= 15 is 0 Å². The summed E-state index contributed by atoms with van der Waals surface area (Å²) in [4.78, 5) is 2.59. The van der Waals surface area contributed by atoms with Gasteiger partial charge >= 0.3 is 0 Å². The molecule has 1 aliphatic heterocycles. The zero-order valence-electron chi connectivity index (χ0n) is 15.3. The number of hydrogen-bond donors (Lipinski definition) is 0. The van der Waals surface area contributed by atoms with Crippen LogP contribution in [0.4, 0.5) is 0 Å². The molecule has 0 saturated carbocycles. The largest absolute Gasteiger partial charge is 0.288 e. The molecule has 0 N–H and O–H groups in total. The monoisotopic (exact) mass is 339 g/mol. The van der Waals surface area contributed by atoms with E-state index in [-0.39, 0.29) is 0 Å². The molecule has 1 saturated heterocycles. The van der Waals surface area contributed by atoms with Gasteiger partial charge in [0.2, 0.25) is 0 Å². The summed E-state index contributed by atoms with van der Waals surface area (Å²) in [5.74, 6) is 0.479. The van der Waals surface area contributed by atoms with Gasteiger partial charge in [-0.15, -0.1) is 0 Å². The summed E-state index contributed by atoms with van der Waals surface area (Å²) in [5, 5.41) is 0. The second-order valence-electron chi connectivity index (χ2n) is 7.17. The Bertz CT molecular complexity index is 854. The summed E-state index contributed by atoms with van der Waals surface area (Å²) >= 11 is 0. The van der Waals surface area contributed by atoms with Crippen LogP contribution in [-0.4, -0.2) is 17.0 Å². The number of benzene rings is 3. The highest BCUT2D eigenvalue weighted by Crippen LogP contribution is 2.46. The smallest absolute Gasteiger partial charge is 0.0438 e. The minimum absolute atomic E-state index is 0.329. The molecular formula is C25H25N. The third-order valence-corrected chi connectivity index (χ3v) is 5.63. The van der Waals surface area contributed by atoms with Gasteiger partial charge in [-0.2, -0.15) is 0 Å². The molecule has 3 atom stereocenters. The standard InChI is InChI=1S/C25H25N/c1-19(22-14-8-4-9-15-22)25-24(23-16-10-5-11-17-23)20(2)26(25)18-21-12-6-3-7-13-21/h3-17,20,24-25H,1,18H2,2H3/t20-,24+,25+/m0/s1. The lowest BCUT2D eigenvalue weighted by atomic mass is 9.71. The van der Waals surface area contributed by atoms with Gasteiger partial charge in [0, 0.05) is 24.5 Å². The molecule has 26 heavy (non-hydrogen) atoms. The molecule has 1 nitrogen and oxygen atoms in total. The van der Waals surface area contributed by atoms with Gasteiger partial charge in [0.15, 0.2) is 0 Å². The SMILES string of the molecule is C=C(c1ccccc1)[C@@H]1[C@@H](c2ccccc2)[C@H](C)N1Cc1ccccc1. The van der Waals surface area contributed by atoms with Crippen LogP contribution in [0.1, 0.15) is 29.5 Å². The first-order valence-electron chi connectivity index (χ1n) is 9.34. The second kappa shape index (κ2) is 7.31. The molecule has 0 spiro atoms. The third kappa shape index (κ3) is 3.11. The zero-order valence-corrected chi connectivity index (χ0v) is 15.3. The molecular weight excluding hydrogens is 314 g/mol. The molecule has 1 heterocycles. The highest BCUT2D eigenvalue weighted by molar-refractivity contribution is 5.70. The molecule has 1 aliphatic rings. The van der Waals surface area contributed by atoms with Crippen molar-refractivity contribution in [2.45, 2.75) is 31.5 Å². The van der Waals surface area contributed by atoms with Crippen LogP contribution in [0.15, 0.2) is 97.6 Å². The molecule has 3 aromatic carbocycles. The predicted molar refractivity (Wildman–Crippen MR) is 110 cm³/mol. The summed E-state index contributed by atoms with van der Waals surface area (Å²) in [6.07, 6.45) is 0. The quantitative estimate of drug-likeness (QED) is 0.571. The molecule has 3 aromatic rings. The Morgan fingerprint density at radius 3 is 1.96 bits per heavy atom. The fraction of sp³-hybridized carbons (Fsp3) is 0.200. The molecule has 0 radical (unpaired) electrons. The maximum absolute atomic E-state index is 4.51. The van der Waals surface area contributed by atoms with Crippen molar-refractivity contribution in [2.75, 3.05) is 0 Å². The number of hydrogen-bond acceptors (Lipinski definition) is 1. The van der Waals surface area contributed by atoms with E-state index in [2.05, 4.69) is 109 Å². The maximum Gasteiger partial charge on any atom is 0.0438 e. The first kappa shape index (κ1) is 16.8. The van der Waals surface area contributed by atoms with Crippen molar-refractivity contribution in [1.82, 2.24) is 4.90 Å². The molecule has 0 amide bonds. The predicted octanol–water partition coefficient (Wildman–Crippen LogP) is 5.76. The van der Waals surface area contributed by atoms with Crippen LogP contribution >= 0.6 is 0 Å². The molecule has 0 unspecified atom stereocenters. The van der Waals surface area contributed by atoms with E-state index in [0.29, 0.717) is 18.0 Å². The van der Waals surface area contributed by atoms with Crippen molar-refractivity contribution in [1.29, 1.82) is 0 Å². The molecule has 0 aromatic heterocycles. The first-order chi connectivity index (χ1) is 12.8. The highest BCUT2D eigenvalue weighted by atomic mass is 15.3. The number of nitrogens with zero attached hydrogens (tertiary/aromatic N) is 1. The van der Waals surface area contributed by atoms with E-state index in [4.69, 9.17) is 0 Å².